The second-order valence-electron chi connectivity index (χ2n) is 6.55. The summed E-state index contributed by atoms with van der Waals surface area (Å²) in [5.41, 5.74) is 1.76. The van der Waals surface area contributed by atoms with E-state index in [0.29, 0.717) is 40.1 Å². The Balaban J connectivity index is 1.73. The summed E-state index contributed by atoms with van der Waals surface area (Å²) in [5, 5.41) is 3.52. The van der Waals surface area contributed by atoms with Gasteiger partial charge in [0.05, 0.1) is 12.3 Å². The van der Waals surface area contributed by atoms with Crippen molar-refractivity contribution in [1.82, 2.24) is 0 Å². The lowest BCUT2D eigenvalue weighted by molar-refractivity contribution is 0.101. The number of carbonyl (C=O) groups is 2. The fourth-order valence-corrected chi connectivity index (χ4v) is 3.41. The molecule has 0 atom stereocenters. The van der Waals surface area contributed by atoms with E-state index < -0.39 is 0 Å². The van der Waals surface area contributed by atoms with Crippen LogP contribution in [-0.4, -0.2) is 18.3 Å². The molecule has 6 heteroatoms. The molecule has 0 saturated carbocycles. The van der Waals surface area contributed by atoms with Crippen LogP contribution in [0.25, 0.3) is 11.0 Å². The summed E-state index contributed by atoms with van der Waals surface area (Å²) in [4.78, 5) is 26.1. The van der Waals surface area contributed by atoms with Crippen molar-refractivity contribution in [1.29, 1.82) is 0 Å². The number of amides is 1. The first kappa shape index (κ1) is 19.9. The van der Waals surface area contributed by atoms with Crippen LogP contribution in [0.3, 0.4) is 0 Å². The van der Waals surface area contributed by atoms with Crippen molar-refractivity contribution >= 4 is 44.3 Å². The van der Waals surface area contributed by atoms with Gasteiger partial charge in [-0.3, -0.25) is 9.59 Å². The van der Waals surface area contributed by atoms with Crippen LogP contribution < -0.4 is 10.1 Å². The Labute approximate surface area is 181 Å². The maximum Gasteiger partial charge on any atom is 0.255 e. The number of fused-ring (bicyclic) bond motifs is 1. The minimum absolute atomic E-state index is 0.0906. The van der Waals surface area contributed by atoms with E-state index in [9.17, 15) is 9.59 Å². The Kier molecular flexibility index (Phi) is 5.68. The molecule has 1 amide bonds. The Morgan fingerprint density at radius 3 is 2.50 bits per heavy atom. The highest BCUT2D eigenvalue weighted by atomic mass is 79.9. The zero-order valence-corrected chi connectivity index (χ0v) is 17.7. The lowest BCUT2D eigenvalue weighted by atomic mass is 10.1. The van der Waals surface area contributed by atoms with Crippen molar-refractivity contribution in [3.8, 4) is 5.75 Å². The van der Waals surface area contributed by atoms with Gasteiger partial charge < -0.3 is 14.5 Å². The van der Waals surface area contributed by atoms with E-state index in [4.69, 9.17) is 9.15 Å². The molecule has 4 aromatic rings. The Bertz CT molecular complexity index is 1230. The van der Waals surface area contributed by atoms with Crippen LogP contribution in [0, 0.1) is 0 Å². The number of anilines is 1. The number of halogens is 1. The molecule has 0 bridgehead atoms. The van der Waals surface area contributed by atoms with Crippen LogP contribution in [0.4, 0.5) is 5.69 Å². The summed E-state index contributed by atoms with van der Waals surface area (Å²) in [6, 6.07) is 21.1. The lowest BCUT2D eigenvalue weighted by Crippen LogP contribution is -2.14. The van der Waals surface area contributed by atoms with Gasteiger partial charge in [0.25, 0.3) is 5.91 Å². The number of hydrogen-bond donors (Lipinski definition) is 1. The first-order chi connectivity index (χ1) is 14.6. The number of para-hydroxylation sites is 1. The summed E-state index contributed by atoms with van der Waals surface area (Å²) < 4.78 is 12.2. The molecular formula is C24H18BrNO4. The summed E-state index contributed by atoms with van der Waals surface area (Å²) >= 11 is 3.37. The monoisotopic (exact) mass is 463 g/mol. The van der Waals surface area contributed by atoms with Crippen molar-refractivity contribution in [2.75, 3.05) is 11.9 Å². The second-order valence-corrected chi connectivity index (χ2v) is 7.47. The molecule has 0 aliphatic rings. The number of ketones is 1. The van der Waals surface area contributed by atoms with Gasteiger partial charge in [-0.2, -0.15) is 0 Å². The van der Waals surface area contributed by atoms with Crippen LogP contribution in [0.5, 0.6) is 5.75 Å². The fourth-order valence-electron chi connectivity index (χ4n) is 3.14. The van der Waals surface area contributed by atoms with E-state index >= 15 is 0 Å². The highest BCUT2D eigenvalue weighted by Crippen LogP contribution is 2.33. The number of hydrogen-bond acceptors (Lipinski definition) is 4. The Hall–Kier alpha value is -3.38. The summed E-state index contributed by atoms with van der Waals surface area (Å²) in [6.45, 7) is 2.38. The molecule has 3 aromatic carbocycles. The average molecular weight is 464 g/mol. The molecule has 0 aliphatic heterocycles. The molecule has 5 nitrogen and oxygen atoms in total. The second kappa shape index (κ2) is 8.55. The summed E-state index contributed by atoms with van der Waals surface area (Å²) in [6.07, 6.45) is 0. The number of ether oxygens (including phenoxy) is 1. The SMILES string of the molecule is CCOc1cccc(C(=O)Nc2c(C(=O)c3ccc(Br)cc3)oc3ccccc23)c1. The van der Waals surface area contributed by atoms with Crippen LogP contribution in [-0.2, 0) is 0 Å². The topological polar surface area (TPSA) is 68.5 Å². The third-order valence-corrected chi connectivity index (χ3v) is 5.08. The van der Waals surface area contributed by atoms with Crippen molar-refractivity contribution in [2.24, 2.45) is 0 Å². The Morgan fingerprint density at radius 2 is 1.73 bits per heavy atom. The highest BCUT2D eigenvalue weighted by molar-refractivity contribution is 9.10. The Morgan fingerprint density at radius 1 is 0.967 bits per heavy atom. The summed E-state index contributed by atoms with van der Waals surface area (Å²) in [7, 11) is 0. The lowest BCUT2D eigenvalue weighted by Gasteiger charge is -2.08. The van der Waals surface area contributed by atoms with Gasteiger partial charge in [-0.1, -0.05) is 34.1 Å². The minimum Gasteiger partial charge on any atom is -0.494 e. The van der Waals surface area contributed by atoms with E-state index in [0.717, 1.165) is 4.47 Å². The molecular weight excluding hydrogens is 446 g/mol. The van der Waals surface area contributed by atoms with E-state index in [1.165, 1.54) is 0 Å². The number of benzene rings is 3. The molecule has 1 N–H and O–H groups in total. The molecule has 1 aromatic heterocycles. The van der Waals surface area contributed by atoms with Crippen molar-refractivity contribution in [2.45, 2.75) is 6.92 Å². The number of carbonyl (C=O) groups excluding carboxylic acids is 2. The van der Waals surface area contributed by atoms with Crippen LogP contribution in [0.15, 0.2) is 81.7 Å². The fraction of sp³-hybridized carbons (Fsp3) is 0.0833. The third-order valence-electron chi connectivity index (χ3n) is 4.55. The van der Waals surface area contributed by atoms with Crippen molar-refractivity contribution in [3.63, 3.8) is 0 Å². The maximum absolute atomic E-state index is 13.1. The molecule has 0 saturated heterocycles. The van der Waals surface area contributed by atoms with Crippen LogP contribution in [0.2, 0.25) is 0 Å². The zero-order chi connectivity index (χ0) is 21.1. The van der Waals surface area contributed by atoms with E-state index in [1.807, 2.05) is 25.1 Å². The van der Waals surface area contributed by atoms with Gasteiger partial charge in [0.1, 0.15) is 11.3 Å². The number of nitrogens with one attached hydrogen (secondary N) is 1. The first-order valence-electron chi connectivity index (χ1n) is 9.43. The van der Waals surface area contributed by atoms with Crippen LogP contribution >= 0.6 is 15.9 Å². The van der Waals surface area contributed by atoms with Crippen molar-refractivity contribution in [3.05, 3.63) is 94.2 Å². The standard InChI is InChI=1S/C24H18BrNO4/c1-2-29-18-7-5-6-16(14-18)24(28)26-21-19-8-3-4-9-20(19)30-23(21)22(27)15-10-12-17(25)13-11-15/h3-14H,2H2,1H3,(H,26,28). The molecule has 30 heavy (non-hydrogen) atoms. The third kappa shape index (κ3) is 4.00. The van der Waals surface area contributed by atoms with Gasteiger partial charge in [-0.05, 0) is 61.5 Å². The molecule has 0 unspecified atom stereocenters. The first-order valence-corrected chi connectivity index (χ1v) is 10.2. The van der Waals surface area contributed by atoms with Crippen LogP contribution in [0.1, 0.15) is 33.4 Å². The summed E-state index contributed by atoms with van der Waals surface area (Å²) in [5.74, 6) is 0.0335. The van der Waals surface area contributed by atoms with E-state index in [2.05, 4.69) is 21.2 Å². The normalized spacial score (nSPS) is 10.7. The highest BCUT2D eigenvalue weighted by Gasteiger charge is 2.23. The largest absolute Gasteiger partial charge is 0.494 e. The van der Waals surface area contributed by atoms with Crippen molar-refractivity contribution < 1.29 is 18.7 Å². The molecule has 0 fully saturated rings. The average Bonchev–Trinajstić information content (AvgIpc) is 3.12. The predicted octanol–water partition coefficient (Wildman–Crippen LogP) is 6.08. The number of furan rings is 1. The molecule has 150 valence electrons. The van der Waals surface area contributed by atoms with Gasteiger partial charge >= 0.3 is 0 Å². The van der Waals surface area contributed by atoms with E-state index in [1.54, 1.807) is 54.6 Å². The van der Waals surface area contributed by atoms with E-state index in [-0.39, 0.29) is 17.5 Å². The van der Waals surface area contributed by atoms with Gasteiger partial charge in [0.2, 0.25) is 5.78 Å². The zero-order valence-electron chi connectivity index (χ0n) is 16.1. The van der Waals surface area contributed by atoms with Gasteiger partial charge in [-0.15, -0.1) is 0 Å². The maximum atomic E-state index is 13.1. The molecule has 0 spiro atoms. The van der Waals surface area contributed by atoms with Gasteiger partial charge in [0.15, 0.2) is 5.76 Å². The van der Waals surface area contributed by atoms with Gasteiger partial charge in [-0.25, -0.2) is 0 Å². The molecule has 0 aliphatic carbocycles. The quantitative estimate of drug-likeness (QED) is 0.352. The minimum atomic E-state index is -0.354. The molecule has 1 heterocycles. The van der Waals surface area contributed by atoms with Gasteiger partial charge in [0, 0.05) is 21.0 Å². The molecule has 4 rings (SSSR count). The smallest absolute Gasteiger partial charge is 0.255 e. The number of rotatable bonds is 6. The predicted molar refractivity (Wildman–Crippen MR) is 119 cm³/mol. The molecule has 0 radical (unpaired) electrons.